The predicted octanol–water partition coefficient (Wildman–Crippen LogP) is 0.693. The van der Waals surface area contributed by atoms with Crippen LogP contribution in [-0.4, -0.2) is 42.5 Å². The molecule has 0 bridgehead atoms. The van der Waals surface area contributed by atoms with Crippen LogP contribution in [-0.2, 0) is 17.6 Å². The van der Waals surface area contributed by atoms with E-state index in [9.17, 15) is 4.79 Å². The summed E-state index contributed by atoms with van der Waals surface area (Å²) in [5.74, 6) is -0.220. The second-order valence-corrected chi connectivity index (χ2v) is 6.06. The molecule has 0 atom stereocenters. The Morgan fingerprint density at radius 1 is 1.15 bits per heavy atom. The van der Waals surface area contributed by atoms with Gasteiger partial charge in [-0.3, -0.25) is 9.69 Å². The van der Waals surface area contributed by atoms with Crippen molar-refractivity contribution < 1.29 is 4.79 Å². The summed E-state index contributed by atoms with van der Waals surface area (Å²) >= 11 is 0. The van der Waals surface area contributed by atoms with E-state index < -0.39 is 0 Å². The maximum absolute atomic E-state index is 10.9. The van der Waals surface area contributed by atoms with Gasteiger partial charge in [0.1, 0.15) is 0 Å². The van der Waals surface area contributed by atoms with Crippen molar-refractivity contribution in [2.45, 2.75) is 37.8 Å². The first-order valence-corrected chi connectivity index (χ1v) is 7.54. The molecule has 1 aliphatic heterocycles. The number of piperidine rings is 1. The van der Waals surface area contributed by atoms with Crippen LogP contribution in [0.25, 0.3) is 0 Å². The van der Waals surface area contributed by atoms with Gasteiger partial charge in [0.2, 0.25) is 5.91 Å². The van der Waals surface area contributed by atoms with Crippen LogP contribution in [0.5, 0.6) is 0 Å². The predicted molar refractivity (Wildman–Crippen MR) is 79.4 cm³/mol. The number of nitrogens with two attached hydrogens (primary N) is 1. The van der Waals surface area contributed by atoms with Crippen molar-refractivity contribution in [1.29, 1.82) is 0 Å². The molecule has 0 aromatic heterocycles. The number of likely N-dealkylation sites (tertiary alicyclic amines) is 1. The monoisotopic (exact) mass is 273 g/mol. The molecular weight excluding hydrogens is 250 g/mol. The quantitative estimate of drug-likeness (QED) is 0.849. The summed E-state index contributed by atoms with van der Waals surface area (Å²) < 4.78 is 0. The number of primary amides is 1. The highest BCUT2D eigenvalue weighted by Crippen LogP contribution is 2.23. The van der Waals surface area contributed by atoms with Gasteiger partial charge in [-0.25, -0.2) is 0 Å². The van der Waals surface area contributed by atoms with Crippen LogP contribution < -0.4 is 11.1 Å². The fourth-order valence-corrected chi connectivity index (χ4v) is 3.49. The number of rotatable bonds is 4. The highest BCUT2D eigenvalue weighted by molar-refractivity contribution is 5.75. The molecule has 0 spiro atoms. The summed E-state index contributed by atoms with van der Waals surface area (Å²) in [5, 5.41) is 3.80. The van der Waals surface area contributed by atoms with Gasteiger partial charge in [-0.1, -0.05) is 24.3 Å². The molecule has 0 saturated carbocycles. The minimum atomic E-state index is -0.220. The molecule has 1 aromatic rings. The molecule has 2 aliphatic rings. The molecule has 3 N–H and O–H groups in total. The SMILES string of the molecule is NC(=O)CN1CCC(NC2Cc3ccccc3C2)CC1. The third-order valence-electron chi connectivity index (χ3n) is 4.49. The number of benzene rings is 1. The van der Waals surface area contributed by atoms with Gasteiger partial charge in [0.25, 0.3) is 0 Å². The summed E-state index contributed by atoms with van der Waals surface area (Å²) in [4.78, 5) is 13.1. The van der Waals surface area contributed by atoms with Crippen LogP contribution in [0.2, 0.25) is 0 Å². The molecule has 0 unspecified atom stereocenters. The van der Waals surface area contributed by atoms with Crippen molar-refractivity contribution in [3.63, 3.8) is 0 Å². The molecule has 1 amide bonds. The van der Waals surface area contributed by atoms with Crippen LogP contribution in [0.3, 0.4) is 0 Å². The van der Waals surface area contributed by atoms with E-state index >= 15 is 0 Å². The first-order chi connectivity index (χ1) is 9.70. The van der Waals surface area contributed by atoms with E-state index in [0.29, 0.717) is 18.6 Å². The van der Waals surface area contributed by atoms with Gasteiger partial charge in [-0.2, -0.15) is 0 Å². The minimum absolute atomic E-state index is 0.220. The second-order valence-electron chi connectivity index (χ2n) is 6.06. The maximum atomic E-state index is 10.9. The third-order valence-corrected chi connectivity index (χ3v) is 4.49. The molecule has 3 rings (SSSR count). The molecule has 1 aromatic carbocycles. The van der Waals surface area contributed by atoms with Gasteiger partial charge in [-0.05, 0) is 36.8 Å². The molecular formula is C16H23N3O. The van der Waals surface area contributed by atoms with E-state index in [1.165, 1.54) is 11.1 Å². The minimum Gasteiger partial charge on any atom is -0.369 e. The smallest absolute Gasteiger partial charge is 0.231 e. The van der Waals surface area contributed by atoms with Gasteiger partial charge < -0.3 is 11.1 Å². The first-order valence-electron chi connectivity index (χ1n) is 7.54. The van der Waals surface area contributed by atoms with Gasteiger partial charge in [0.15, 0.2) is 0 Å². The Morgan fingerprint density at radius 2 is 1.75 bits per heavy atom. The van der Waals surface area contributed by atoms with Crippen LogP contribution in [0.15, 0.2) is 24.3 Å². The van der Waals surface area contributed by atoms with E-state index in [1.807, 2.05) is 0 Å². The lowest BCUT2D eigenvalue weighted by molar-refractivity contribution is -0.119. The number of nitrogens with zero attached hydrogens (tertiary/aromatic N) is 1. The Bertz CT molecular complexity index is 455. The van der Waals surface area contributed by atoms with E-state index in [4.69, 9.17) is 5.73 Å². The average Bonchev–Trinajstić information content (AvgIpc) is 2.82. The molecule has 1 heterocycles. The van der Waals surface area contributed by atoms with Crippen LogP contribution in [0.1, 0.15) is 24.0 Å². The van der Waals surface area contributed by atoms with Gasteiger partial charge in [-0.15, -0.1) is 0 Å². The van der Waals surface area contributed by atoms with Crippen molar-refractivity contribution in [1.82, 2.24) is 10.2 Å². The fraction of sp³-hybridized carbons (Fsp3) is 0.562. The third kappa shape index (κ3) is 3.19. The molecule has 0 radical (unpaired) electrons. The molecule has 108 valence electrons. The Kier molecular flexibility index (Phi) is 4.03. The fourth-order valence-electron chi connectivity index (χ4n) is 3.49. The van der Waals surface area contributed by atoms with Crippen LogP contribution in [0, 0.1) is 0 Å². The average molecular weight is 273 g/mol. The van der Waals surface area contributed by atoms with E-state index in [0.717, 1.165) is 38.8 Å². The Balaban J connectivity index is 1.46. The Hall–Kier alpha value is -1.39. The van der Waals surface area contributed by atoms with Gasteiger partial charge in [0, 0.05) is 25.2 Å². The van der Waals surface area contributed by atoms with Crippen molar-refractivity contribution >= 4 is 5.91 Å². The standard InChI is InChI=1S/C16H23N3O/c17-16(20)11-19-7-5-14(6-8-19)18-15-9-12-3-1-2-4-13(12)10-15/h1-4,14-15,18H,5-11H2,(H2,17,20). The lowest BCUT2D eigenvalue weighted by Crippen LogP contribution is -2.48. The summed E-state index contributed by atoms with van der Waals surface area (Å²) in [6.07, 6.45) is 4.52. The topological polar surface area (TPSA) is 58.4 Å². The van der Waals surface area contributed by atoms with Crippen molar-refractivity contribution in [3.05, 3.63) is 35.4 Å². The van der Waals surface area contributed by atoms with Crippen LogP contribution >= 0.6 is 0 Å². The van der Waals surface area contributed by atoms with E-state index in [1.54, 1.807) is 0 Å². The molecule has 1 aliphatic carbocycles. The summed E-state index contributed by atoms with van der Waals surface area (Å²) in [5.41, 5.74) is 8.24. The number of hydrogen-bond acceptors (Lipinski definition) is 3. The van der Waals surface area contributed by atoms with Gasteiger partial charge >= 0.3 is 0 Å². The van der Waals surface area contributed by atoms with Crippen molar-refractivity contribution in [2.24, 2.45) is 5.73 Å². The second kappa shape index (κ2) is 5.94. The number of carbonyl (C=O) groups is 1. The van der Waals surface area contributed by atoms with Crippen molar-refractivity contribution in [3.8, 4) is 0 Å². The van der Waals surface area contributed by atoms with E-state index in [-0.39, 0.29) is 5.91 Å². The van der Waals surface area contributed by atoms with Crippen molar-refractivity contribution in [2.75, 3.05) is 19.6 Å². The zero-order chi connectivity index (χ0) is 13.9. The number of amides is 1. The molecule has 1 saturated heterocycles. The Morgan fingerprint density at radius 3 is 2.30 bits per heavy atom. The molecule has 4 nitrogen and oxygen atoms in total. The lowest BCUT2D eigenvalue weighted by atomic mass is 10.0. The Labute approximate surface area is 120 Å². The molecule has 4 heteroatoms. The first kappa shape index (κ1) is 13.6. The number of fused-ring (bicyclic) bond motifs is 1. The highest BCUT2D eigenvalue weighted by atomic mass is 16.1. The van der Waals surface area contributed by atoms with Gasteiger partial charge in [0.05, 0.1) is 6.54 Å². The zero-order valence-electron chi connectivity index (χ0n) is 11.8. The van der Waals surface area contributed by atoms with Crippen LogP contribution in [0.4, 0.5) is 0 Å². The number of carbonyl (C=O) groups excluding carboxylic acids is 1. The van der Waals surface area contributed by atoms with E-state index in [2.05, 4.69) is 34.5 Å². The zero-order valence-corrected chi connectivity index (χ0v) is 11.8. The number of hydrogen-bond donors (Lipinski definition) is 2. The summed E-state index contributed by atoms with van der Waals surface area (Å²) in [6, 6.07) is 9.91. The largest absolute Gasteiger partial charge is 0.369 e. The maximum Gasteiger partial charge on any atom is 0.231 e. The lowest BCUT2D eigenvalue weighted by Gasteiger charge is -2.33. The normalized spacial score (nSPS) is 21.0. The molecule has 1 fully saturated rings. The number of nitrogens with one attached hydrogen (secondary N) is 1. The summed E-state index contributed by atoms with van der Waals surface area (Å²) in [6.45, 7) is 2.35. The highest BCUT2D eigenvalue weighted by Gasteiger charge is 2.26. The molecule has 20 heavy (non-hydrogen) atoms. The summed E-state index contributed by atoms with van der Waals surface area (Å²) in [7, 11) is 0.